The first-order valence-electron chi connectivity index (χ1n) is 9.31. The molecule has 0 bridgehead atoms. The first kappa shape index (κ1) is 21.0. The molecule has 31 heavy (non-hydrogen) atoms. The third kappa shape index (κ3) is 4.57. The van der Waals surface area contributed by atoms with Gasteiger partial charge in [-0.15, -0.1) is 11.8 Å². The Labute approximate surface area is 187 Å². The van der Waals surface area contributed by atoms with Gasteiger partial charge in [-0.3, -0.25) is 4.79 Å². The molecule has 0 fully saturated rings. The first-order valence-corrected chi connectivity index (χ1v) is 10.9. The molecule has 0 aliphatic rings. The van der Waals surface area contributed by atoms with E-state index in [0.29, 0.717) is 27.1 Å². The highest BCUT2D eigenvalue weighted by Gasteiger charge is 2.23. The Morgan fingerprint density at radius 1 is 1.26 bits per heavy atom. The van der Waals surface area contributed by atoms with Crippen LogP contribution in [0.5, 0.6) is 0 Å². The fourth-order valence-corrected chi connectivity index (χ4v) is 3.81. The van der Waals surface area contributed by atoms with Crippen LogP contribution in [0.3, 0.4) is 0 Å². The van der Waals surface area contributed by atoms with Crippen molar-refractivity contribution in [2.75, 3.05) is 17.3 Å². The number of aryl methyl sites for hydroxylation is 1. The Balaban J connectivity index is 1.59. The summed E-state index contributed by atoms with van der Waals surface area (Å²) in [7, 11) is 0. The number of carbonyl (C=O) groups excluding carboxylic acids is 1. The average molecular weight is 455 g/mol. The van der Waals surface area contributed by atoms with Crippen LogP contribution in [0.2, 0.25) is 5.02 Å². The molecule has 0 radical (unpaired) electrons. The number of nitrogens with two attached hydrogens (primary N) is 1. The highest BCUT2D eigenvalue weighted by molar-refractivity contribution is 7.98. The van der Waals surface area contributed by atoms with E-state index in [1.54, 1.807) is 24.3 Å². The normalized spacial score (nSPS) is 10.9. The molecule has 3 N–H and O–H groups in total. The minimum Gasteiger partial charge on any atom is -0.383 e. The van der Waals surface area contributed by atoms with Gasteiger partial charge in [-0.1, -0.05) is 46.6 Å². The van der Waals surface area contributed by atoms with Crippen LogP contribution in [-0.4, -0.2) is 32.1 Å². The maximum atomic E-state index is 12.5. The van der Waals surface area contributed by atoms with E-state index in [-0.39, 0.29) is 24.2 Å². The molecule has 0 aliphatic heterocycles. The third-order valence-electron chi connectivity index (χ3n) is 4.47. The highest BCUT2D eigenvalue weighted by atomic mass is 35.5. The van der Waals surface area contributed by atoms with Gasteiger partial charge in [-0.2, -0.15) is 10.1 Å². The lowest BCUT2D eigenvalue weighted by Gasteiger charge is -2.07. The van der Waals surface area contributed by atoms with Gasteiger partial charge in [-0.05, 0) is 37.4 Å². The summed E-state index contributed by atoms with van der Waals surface area (Å²) >= 11 is 7.34. The van der Waals surface area contributed by atoms with Crippen LogP contribution in [0, 0.1) is 6.92 Å². The molecule has 8 nitrogen and oxygen atoms in total. The standard InChI is InChI=1S/C21H19ClN6O2S/c1-12-5-3-6-13(9-12)19-25-20(30-27-19)17-18(23)28(26-21(17)31-2)11-16(29)24-15-8-4-7-14(22)10-15/h3-10H,11,23H2,1-2H3,(H,24,29). The van der Waals surface area contributed by atoms with E-state index >= 15 is 0 Å². The molecule has 2 aromatic heterocycles. The predicted molar refractivity (Wildman–Crippen MR) is 122 cm³/mol. The number of nitrogen functional groups attached to an aromatic ring is 1. The van der Waals surface area contributed by atoms with Crippen molar-refractivity contribution < 1.29 is 9.32 Å². The molecule has 1 amide bonds. The van der Waals surface area contributed by atoms with Gasteiger partial charge >= 0.3 is 0 Å². The lowest BCUT2D eigenvalue weighted by Crippen LogP contribution is -2.20. The molecule has 0 saturated heterocycles. The molecule has 0 saturated carbocycles. The van der Waals surface area contributed by atoms with E-state index in [9.17, 15) is 4.79 Å². The van der Waals surface area contributed by atoms with Crippen molar-refractivity contribution in [1.29, 1.82) is 0 Å². The first-order chi connectivity index (χ1) is 14.9. The van der Waals surface area contributed by atoms with Crippen LogP contribution in [-0.2, 0) is 11.3 Å². The Bertz CT molecular complexity index is 1250. The summed E-state index contributed by atoms with van der Waals surface area (Å²) in [5.74, 6) is 0.683. The molecule has 0 unspecified atom stereocenters. The van der Waals surface area contributed by atoms with Gasteiger partial charge in [0.2, 0.25) is 11.7 Å². The van der Waals surface area contributed by atoms with Crippen LogP contribution < -0.4 is 11.1 Å². The van der Waals surface area contributed by atoms with E-state index in [2.05, 4.69) is 20.6 Å². The number of hydrogen-bond acceptors (Lipinski definition) is 7. The number of anilines is 2. The molecule has 4 rings (SSSR count). The van der Waals surface area contributed by atoms with Crippen molar-refractivity contribution in [1.82, 2.24) is 19.9 Å². The third-order valence-corrected chi connectivity index (χ3v) is 5.38. The second-order valence-electron chi connectivity index (χ2n) is 6.78. The fourth-order valence-electron chi connectivity index (χ4n) is 3.05. The fraction of sp³-hybridized carbons (Fsp3) is 0.143. The number of aromatic nitrogens is 4. The zero-order valence-electron chi connectivity index (χ0n) is 16.8. The monoisotopic (exact) mass is 454 g/mol. The Morgan fingerprint density at radius 3 is 2.81 bits per heavy atom. The molecule has 0 aliphatic carbocycles. The minimum atomic E-state index is -0.290. The van der Waals surface area contributed by atoms with Crippen LogP contribution >= 0.6 is 23.4 Å². The van der Waals surface area contributed by atoms with Crippen LogP contribution in [0.1, 0.15) is 5.56 Å². The van der Waals surface area contributed by atoms with Gasteiger partial charge in [0.25, 0.3) is 5.89 Å². The van der Waals surface area contributed by atoms with Crippen molar-refractivity contribution in [2.24, 2.45) is 0 Å². The summed E-state index contributed by atoms with van der Waals surface area (Å²) in [6.07, 6.45) is 1.86. The number of benzene rings is 2. The molecule has 2 aromatic carbocycles. The topological polar surface area (TPSA) is 112 Å². The maximum absolute atomic E-state index is 12.5. The summed E-state index contributed by atoms with van der Waals surface area (Å²) in [6.45, 7) is 1.91. The van der Waals surface area contributed by atoms with Crippen LogP contribution in [0.25, 0.3) is 22.8 Å². The number of rotatable bonds is 6. The van der Waals surface area contributed by atoms with E-state index in [0.717, 1.165) is 11.1 Å². The summed E-state index contributed by atoms with van der Waals surface area (Å²) in [4.78, 5) is 17.0. The van der Waals surface area contributed by atoms with Gasteiger partial charge in [-0.25, -0.2) is 4.68 Å². The van der Waals surface area contributed by atoms with Crippen LogP contribution in [0.4, 0.5) is 11.5 Å². The molecular formula is C21H19ClN6O2S. The average Bonchev–Trinajstić information content (AvgIpc) is 3.33. The quantitative estimate of drug-likeness (QED) is 0.412. The molecular weight excluding hydrogens is 436 g/mol. The minimum absolute atomic E-state index is 0.0786. The van der Waals surface area contributed by atoms with Gasteiger partial charge in [0, 0.05) is 16.3 Å². The number of nitrogens with zero attached hydrogens (tertiary/aromatic N) is 4. The van der Waals surface area contributed by atoms with Crippen LogP contribution in [0.15, 0.2) is 58.1 Å². The lowest BCUT2D eigenvalue weighted by atomic mass is 10.1. The number of hydrogen-bond donors (Lipinski definition) is 2. The second kappa shape index (κ2) is 8.83. The molecule has 4 aromatic rings. The van der Waals surface area contributed by atoms with Crippen molar-refractivity contribution in [3.05, 3.63) is 59.1 Å². The number of amides is 1. The molecule has 158 valence electrons. The number of carbonyl (C=O) groups is 1. The van der Waals surface area contributed by atoms with Gasteiger partial charge < -0.3 is 15.6 Å². The summed E-state index contributed by atoms with van der Waals surface area (Å²) in [5, 5.41) is 12.4. The number of nitrogens with one attached hydrogen (secondary N) is 1. The summed E-state index contributed by atoms with van der Waals surface area (Å²) < 4.78 is 6.89. The van der Waals surface area contributed by atoms with Crippen molar-refractivity contribution in [3.63, 3.8) is 0 Å². The summed E-state index contributed by atoms with van der Waals surface area (Å²) in [5.41, 5.74) is 9.34. The molecule has 0 atom stereocenters. The van der Waals surface area contributed by atoms with E-state index in [4.69, 9.17) is 21.9 Å². The largest absolute Gasteiger partial charge is 0.383 e. The Morgan fingerprint density at radius 2 is 2.06 bits per heavy atom. The zero-order valence-corrected chi connectivity index (χ0v) is 18.4. The molecule has 10 heteroatoms. The Hall–Kier alpha value is -3.30. The molecule has 2 heterocycles. The van der Waals surface area contributed by atoms with Crippen molar-refractivity contribution in [2.45, 2.75) is 18.5 Å². The second-order valence-corrected chi connectivity index (χ2v) is 8.01. The van der Waals surface area contributed by atoms with Gasteiger partial charge in [0.05, 0.1) is 0 Å². The number of halogens is 1. The van der Waals surface area contributed by atoms with Crippen molar-refractivity contribution in [3.8, 4) is 22.8 Å². The highest BCUT2D eigenvalue weighted by Crippen LogP contribution is 2.35. The van der Waals surface area contributed by atoms with Crippen molar-refractivity contribution >= 4 is 40.8 Å². The van der Waals surface area contributed by atoms with Gasteiger partial charge in [0.1, 0.15) is 23.0 Å². The van der Waals surface area contributed by atoms with E-state index in [1.165, 1.54) is 16.4 Å². The summed E-state index contributed by atoms with van der Waals surface area (Å²) in [6, 6.07) is 14.7. The molecule has 0 spiro atoms. The van der Waals surface area contributed by atoms with E-state index in [1.807, 2.05) is 37.4 Å². The maximum Gasteiger partial charge on any atom is 0.264 e. The number of thioether (sulfide) groups is 1. The Kier molecular flexibility index (Phi) is 5.97. The zero-order chi connectivity index (χ0) is 22.0. The SMILES string of the molecule is CSc1nn(CC(=O)Nc2cccc(Cl)c2)c(N)c1-c1nc(-c2cccc(C)c2)no1. The smallest absolute Gasteiger partial charge is 0.264 e. The lowest BCUT2D eigenvalue weighted by molar-refractivity contribution is -0.116. The predicted octanol–water partition coefficient (Wildman–Crippen LogP) is 4.50. The van der Waals surface area contributed by atoms with E-state index < -0.39 is 0 Å². The van der Waals surface area contributed by atoms with Gasteiger partial charge in [0.15, 0.2) is 0 Å².